The van der Waals surface area contributed by atoms with Crippen LogP contribution in [0.3, 0.4) is 0 Å². The van der Waals surface area contributed by atoms with Crippen LogP contribution in [0.4, 0.5) is 0 Å². The van der Waals surface area contributed by atoms with E-state index in [2.05, 4.69) is 23.7 Å². The molecule has 0 saturated heterocycles. The molecular weight excluding hydrogens is 288 g/mol. The lowest BCUT2D eigenvalue weighted by atomic mass is 10.1. The first-order valence-corrected chi connectivity index (χ1v) is 7.79. The van der Waals surface area contributed by atoms with E-state index >= 15 is 0 Å². The molecule has 22 heavy (non-hydrogen) atoms. The molecule has 0 heterocycles. The summed E-state index contributed by atoms with van der Waals surface area (Å²) in [4.78, 5) is 11.5. The second-order valence-corrected chi connectivity index (χ2v) is 5.01. The van der Waals surface area contributed by atoms with E-state index in [1.54, 1.807) is 0 Å². The first kappa shape index (κ1) is 15.6. The highest BCUT2D eigenvalue weighted by molar-refractivity contribution is 6.05. The monoisotopic (exact) mass is 304 g/mol. The topological polar surface area (TPSA) is 26.3 Å². The molecule has 0 spiro atoms. The molecule has 3 heteroatoms. The number of rotatable bonds is 2. The molecule has 0 bridgehead atoms. The highest BCUT2D eigenvalue weighted by atomic mass is 28.2. The minimum Gasteiger partial charge on any atom is -0.529 e. The van der Waals surface area contributed by atoms with Crippen LogP contribution < -0.4 is 0 Å². The van der Waals surface area contributed by atoms with E-state index < -0.39 is 0 Å². The first-order chi connectivity index (χ1) is 10.8. The Labute approximate surface area is 134 Å². The molecule has 2 rings (SSSR count). The normalized spacial score (nSPS) is 9.32. The average Bonchev–Trinajstić information content (AvgIpc) is 2.59. The number of benzene rings is 2. The van der Waals surface area contributed by atoms with Gasteiger partial charge in [-0.05, 0) is 24.3 Å². The lowest BCUT2D eigenvalue weighted by Gasteiger charge is -2.02. The van der Waals surface area contributed by atoms with Crippen LogP contribution in [0.5, 0.6) is 0 Å². The summed E-state index contributed by atoms with van der Waals surface area (Å²) < 4.78 is 4.85. The lowest BCUT2D eigenvalue weighted by Crippen LogP contribution is -2.07. The van der Waals surface area contributed by atoms with Gasteiger partial charge in [-0.2, -0.15) is 0 Å². The highest BCUT2D eigenvalue weighted by Gasteiger charge is 2.08. The molecule has 2 nitrogen and oxygen atoms in total. The van der Waals surface area contributed by atoms with Crippen LogP contribution in [0, 0.1) is 29.6 Å². The Morgan fingerprint density at radius 1 is 0.909 bits per heavy atom. The van der Waals surface area contributed by atoms with Gasteiger partial charge in [-0.1, -0.05) is 60.1 Å². The minimum absolute atomic E-state index is 0.198. The zero-order valence-corrected chi connectivity index (χ0v) is 14.4. The zero-order valence-electron chi connectivity index (χ0n) is 12.4. The predicted molar refractivity (Wildman–Crippen MR) is 90.8 cm³/mol. The van der Waals surface area contributed by atoms with Crippen molar-refractivity contribution in [3.8, 4) is 23.7 Å². The van der Waals surface area contributed by atoms with E-state index in [-0.39, 0.29) is 18.3 Å². The van der Waals surface area contributed by atoms with E-state index in [1.165, 1.54) is 0 Å². The Balaban J connectivity index is 2.19. The maximum absolute atomic E-state index is 11.5. The SMILES string of the molecule is O=C(CC(C#Cc1ccccc1)C#Cc1ccccc1)O[SiH3]. The van der Waals surface area contributed by atoms with Gasteiger partial charge in [0.25, 0.3) is 5.97 Å². The van der Waals surface area contributed by atoms with Crippen LogP contribution in [-0.4, -0.2) is 16.5 Å². The number of carbonyl (C=O) groups excluding carboxylic acids is 1. The Bertz CT molecular complexity index is 673. The smallest absolute Gasteiger partial charge is 0.294 e. The van der Waals surface area contributed by atoms with Gasteiger partial charge >= 0.3 is 0 Å². The summed E-state index contributed by atoms with van der Waals surface area (Å²) in [5.41, 5.74) is 1.82. The van der Waals surface area contributed by atoms with Gasteiger partial charge in [0, 0.05) is 11.1 Å². The standard InChI is InChI=1S/C19H16O2Si/c20-19(21-22)15-18(13-11-16-7-3-1-4-8-16)14-12-17-9-5-2-6-10-17/h1-10,18H,15H2,22H3. The summed E-state index contributed by atoms with van der Waals surface area (Å²) in [6.45, 7) is 0. The number of hydrogen-bond acceptors (Lipinski definition) is 2. The van der Waals surface area contributed by atoms with E-state index in [1.807, 2.05) is 60.7 Å². The van der Waals surface area contributed by atoms with Crippen molar-refractivity contribution in [1.29, 1.82) is 0 Å². The van der Waals surface area contributed by atoms with Gasteiger partial charge in [-0.25, -0.2) is 0 Å². The summed E-state index contributed by atoms with van der Waals surface area (Å²) in [7, 11) is 0.392. The fourth-order valence-corrected chi connectivity index (χ4v) is 1.94. The van der Waals surface area contributed by atoms with Crippen molar-refractivity contribution in [2.75, 3.05) is 0 Å². The molecule has 0 unspecified atom stereocenters. The molecule has 0 aliphatic heterocycles. The van der Waals surface area contributed by atoms with Crippen molar-refractivity contribution < 1.29 is 9.22 Å². The molecule has 2 aromatic rings. The largest absolute Gasteiger partial charge is 0.529 e. The Kier molecular flexibility index (Phi) is 6.05. The van der Waals surface area contributed by atoms with Crippen LogP contribution >= 0.6 is 0 Å². The molecule has 108 valence electrons. The van der Waals surface area contributed by atoms with E-state index in [0.29, 0.717) is 10.5 Å². The third kappa shape index (κ3) is 5.32. The van der Waals surface area contributed by atoms with Crippen molar-refractivity contribution in [2.24, 2.45) is 5.92 Å². The maximum Gasteiger partial charge on any atom is 0.294 e. The third-order valence-electron chi connectivity index (χ3n) is 2.93. The highest BCUT2D eigenvalue weighted by Crippen LogP contribution is 2.05. The van der Waals surface area contributed by atoms with Crippen LogP contribution in [0.2, 0.25) is 0 Å². The van der Waals surface area contributed by atoms with Crippen LogP contribution in [0.25, 0.3) is 0 Å². The van der Waals surface area contributed by atoms with Gasteiger partial charge in [0.05, 0.1) is 12.3 Å². The third-order valence-corrected chi connectivity index (χ3v) is 3.38. The van der Waals surface area contributed by atoms with Crippen LogP contribution in [0.1, 0.15) is 17.5 Å². The molecule has 0 N–H and O–H groups in total. The maximum atomic E-state index is 11.5. The molecule has 0 fully saturated rings. The van der Waals surface area contributed by atoms with Gasteiger partial charge in [0.15, 0.2) is 0 Å². The molecule has 0 amide bonds. The summed E-state index contributed by atoms with van der Waals surface area (Å²) in [5, 5.41) is 0. The van der Waals surface area contributed by atoms with Crippen molar-refractivity contribution in [3.63, 3.8) is 0 Å². The van der Waals surface area contributed by atoms with E-state index in [9.17, 15) is 4.79 Å². The summed E-state index contributed by atoms with van der Waals surface area (Å²) in [5.74, 6) is 11.7. The quantitative estimate of drug-likeness (QED) is 0.626. The Morgan fingerprint density at radius 3 is 1.77 bits per heavy atom. The molecule has 0 aromatic heterocycles. The van der Waals surface area contributed by atoms with Crippen molar-refractivity contribution in [3.05, 3.63) is 71.8 Å². The average molecular weight is 304 g/mol. The van der Waals surface area contributed by atoms with Gasteiger partial charge in [-0.3, -0.25) is 4.79 Å². The summed E-state index contributed by atoms with van der Waals surface area (Å²) in [6.07, 6.45) is 0.198. The predicted octanol–water partition coefficient (Wildman–Crippen LogP) is 1.92. The van der Waals surface area contributed by atoms with Gasteiger partial charge in [-0.15, -0.1) is 0 Å². The van der Waals surface area contributed by atoms with E-state index in [0.717, 1.165) is 11.1 Å². The van der Waals surface area contributed by atoms with Crippen molar-refractivity contribution in [1.82, 2.24) is 0 Å². The fourth-order valence-electron chi connectivity index (χ4n) is 1.77. The van der Waals surface area contributed by atoms with Crippen molar-refractivity contribution in [2.45, 2.75) is 6.42 Å². The van der Waals surface area contributed by atoms with Gasteiger partial charge in [0.1, 0.15) is 0 Å². The lowest BCUT2D eigenvalue weighted by molar-refractivity contribution is -0.134. The van der Waals surface area contributed by atoms with Crippen molar-refractivity contribution >= 4 is 16.5 Å². The molecule has 0 aliphatic rings. The molecule has 2 aromatic carbocycles. The molecule has 0 atom stereocenters. The Morgan fingerprint density at radius 2 is 1.36 bits per heavy atom. The second kappa shape index (κ2) is 8.52. The van der Waals surface area contributed by atoms with Crippen LogP contribution in [0.15, 0.2) is 60.7 Å². The Hall–Kier alpha value is -2.75. The molecule has 0 saturated carbocycles. The molecule has 0 aliphatic carbocycles. The minimum atomic E-state index is -0.332. The van der Waals surface area contributed by atoms with Gasteiger partial charge in [0.2, 0.25) is 10.5 Å². The molecule has 0 radical (unpaired) electrons. The second-order valence-electron chi connectivity index (χ2n) is 4.60. The fraction of sp³-hybridized carbons (Fsp3) is 0.105. The number of carbonyl (C=O) groups is 1. The molecular formula is C19H16O2Si. The van der Waals surface area contributed by atoms with E-state index in [4.69, 9.17) is 4.43 Å². The van der Waals surface area contributed by atoms with Crippen LogP contribution in [-0.2, 0) is 9.22 Å². The number of hydrogen-bond donors (Lipinski definition) is 0. The summed E-state index contributed by atoms with van der Waals surface area (Å²) >= 11 is 0. The first-order valence-electron chi connectivity index (χ1n) is 6.98. The van der Waals surface area contributed by atoms with Gasteiger partial charge < -0.3 is 4.43 Å². The summed E-state index contributed by atoms with van der Waals surface area (Å²) in [6, 6.07) is 19.3. The zero-order chi connectivity index (χ0) is 15.6.